The van der Waals surface area contributed by atoms with Crippen LogP contribution < -0.4 is 10.1 Å². The van der Waals surface area contributed by atoms with Crippen molar-refractivity contribution in [2.24, 2.45) is 0 Å². The Kier molecular flexibility index (Phi) is 4.19. The summed E-state index contributed by atoms with van der Waals surface area (Å²) in [5.41, 5.74) is 4.16. The number of rotatable bonds is 4. The molecule has 0 aliphatic rings. The molecule has 1 amide bonds. The number of nitrogens with one attached hydrogen (secondary N) is 1. The lowest BCUT2D eigenvalue weighted by molar-refractivity contribution is -0.114. The van der Waals surface area contributed by atoms with Crippen LogP contribution in [0.2, 0.25) is 0 Å². The molecule has 116 valence electrons. The lowest BCUT2D eigenvalue weighted by Crippen LogP contribution is -2.06. The van der Waals surface area contributed by atoms with Crippen molar-refractivity contribution in [2.45, 2.75) is 20.5 Å². The normalized spacial score (nSPS) is 10.5. The number of nitrogens with zero attached hydrogens (tertiary/aromatic N) is 2. The summed E-state index contributed by atoms with van der Waals surface area (Å²) in [4.78, 5) is 20.1. The predicted molar refractivity (Wildman–Crippen MR) is 89.4 cm³/mol. The van der Waals surface area contributed by atoms with Gasteiger partial charge in [0.05, 0.1) is 22.4 Å². The monoisotopic (exact) mass is 307 g/mol. The largest absolute Gasteiger partial charge is 0.487 e. The van der Waals surface area contributed by atoms with Gasteiger partial charge in [0.1, 0.15) is 12.4 Å². The van der Waals surface area contributed by atoms with Crippen LogP contribution in [-0.4, -0.2) is 15.9 Å². The first-order chi connectivity index (χ1) is 11.1. The minimum atomic E-state index is -0.0965. The van der Waals surface area contributed by atoms with Crippen molar-refractivity contribution >= 4 is 22.6 Å². The first-order valence-corrected chi connectivity index (χ1v) is 7.34. The zero-order valence-corrected chi connectivity index (χ0v) is 13.0. The van der Waals surface area contributed by atoms with E-state index in [0.29, 0.717) is 12.4 Å². The van der Waals surface area contributed by atoms with E-state index in [2.05, 4.69) is 15.3 Å². The molecule has 23 heavy (non-hydrogen) atoms. The fraction of sp³-hybridized carbons (Fsp3) is 0.167. The molecule has 0 spiro atoms. The molecule has 3 aromatic rings. The summed E-state index contributed by atoms with van der Waals surface area (Å²) in [7, 11) is 0. The van der Waals surface area contributed by atoms with Crippen LogP contribution in [0.4, 0.5) is 5.69 Å². The average Bonchev–Trinajstić information content (AvgIpc) is 2.54. The molecule has 3 rings (SSSR count). The molecule has 0 fully saturated rings. The number of anilines is 1. The van der Waals surface area contributed by atoms with Crippen molar-refractivity contribution in [3.05, 3.63) is 59.9 Å². The Morgan fingerprint density at radius 3 is 2.35 bits per heavy atom. The van der Waals surface area contributed by atoms with E-state index < -0.39 is 0 Å². The van der Waals surface area contributed by atoms with Crippen LogP contribution in [0.25, 0.3) is 11.0 Å². The van der Waals surface area contributed by atoms with Crippen LogP contribution in [0, 0.1) is 6.92 Å². The molecule has 1 heterocycles. The number of aryl methyl sites for hydroxylation is 1. The number of fused-ring (bicyclic) bond motifs is 1. The van der Waals surface area contributed by atoms with Crippen LogP contribution in [-0.2, 0) is 11.4 Å². The van der Waals surface area contributed by atoms with Crippen LogP contribution in [0.1, 0.15) is 18.3 Å². The quantitative estimate of drug-likeness (QED) is 0.801. The molecule has 1 N–H and O–H groups in total. The molecule has 1 aromatic heterocycles. The van der Waals surface area contributed by atoms with Gasteiger partial charge in [-0.2, -0.15) is 0 Å². The highest BCUT2D eigenvalue weighted by Crippen LogP contribution is 2.18. The van der Waals surface area contributed by atoms with Crippen molar-refractivity contribution in [1.29, 1.82) is 0 Å². The van der Waals surface area contributed by atoms with E-state index in [9.17, 15) is 4.79 Å². The van der Waals surface area contributed by atoms with E-state index in [1.165, 1.54) is 6.92 Å². The summed E-state index contributed by atoms with van der Waals surface area (Å²) in [6.45, 7) is 3.76. The summed E-state index contributed by atoms with van der Waals surface area (Å²) >= 11 is 0. The second kappa shape index (κ2) is 6.44. The Morgan fingerprint density at radius 2 is 1.70 bits per heavy atom. The second-order valence-electron chi connectivity index (χ2n) is 5.24. The van der Waals surface area contributed by atoms with Crippen LogP contribution >= 0.6 is 0 Å². The molecule has 2 aromatic carbocycles. The minimum absolute atomic E-state index is 0.0965. The molecule has 5 nitrogen and oxygen atoms in total. The van der Waals surface area contributed by atoms with Gasteiger partial charge in [0.2, 0.25) is 5.91 Å². The summed E-state index contributed by atoms with van der Waals surface area (Å²) in [6.07, 6.45) is 0. The Bertz CT molecular complexity index is 845. The summed E-state index contributed by atoms with van der Waals surface area (Å²) in [5.74, 6) is 0.620. The first kappa shape index (κ1) is 15.0. The van der Waals surface area contributed by atoms with Gasteiger partial charge >= 0.3 is 0 Å². The minimum Gasteiger partial charge on any atom is -0.487 e. The fourth-order valence-corrected chi connectivity index (χ4v) is 2.25. The molecule has 0 aliphatic heterocycles. The van der Waals surface area contributed by atoms with E-state index in [1.807, 2.05) is 43.3 Å². The summed E-state index contributed by atoms with van der Waals surface area (Å²) in [6, 6.07) is 15.0. The van der Waals surface area contributed by atoms with Crippen molar-refractivity contribution in [3.63, 3.8) is 0 Å². The lowest BCUT2D eigenvalue weighted by atomic mass is 10.2. The topological polar surface area (TPSA) is 64.1 Å². The Balaban J connectivity index is 1.72. The van der Waals surface area contributed by atoms with Crippen molar-refractivity contribution in [1.82, 2.24) is 9.97 Å². The average molecular weight is 307 g/mol. The van der Waals surface area contributed by atoms with Crippen molar-refractivity contribution < 1.29 is 9.53 Å². The van der Waals surface area contributed by atoms with Gasteiger partial charge < -0.3 is 10.1 Å². The zero-order valence-electron chi connectivity index (χ0n) is 13.0. The number of ether oxygens (including phenoxy) is 1. The van der Waals surface area contributed by atoms with Crippen LogP contribution in [0.15, 0.2) is 48.5 Å². The van der Waals surface area contributed by atoms with E-state index in [1.54, 1.807) is 12.1 Å². The molecule has 0 bridgehead atoms. The summed E-state index contributed by atoms with van der Waals surface area (Å²) < 4.78 is 5.77. The van der Waals surface area contributed by atoms with Gasteiger partial charge in [-0.05, 0) is 43.3 Å². The molecule has 0 saturated carbocycles. The van der Waals surface area contributed by atoms with E-state index in [4.69, 9.17) is 4.74 Å². The Morgan fingerprint density at radius 1 is 1.04 bits per heavy atom. The molecule has 0 radical (unpaired) electrons. The number of para-hydroxylation sites is 2. The summed E-state index contributed by atoms with van der Waals surface area (Å²) in [5, 5.41) is 2.72. The van der Waals surface area contributed by atoms with Gasteiger partial charge in [0, 0.05) is 12.6 Å². The third kappa shape index (κ3) is 3.63. The van der Waals surface area contributed by atoms with Crippen LogP contribution in [0.5, 0.6) is 5.75 Å². The molecular formula is C18H17N3O2. The SMILES string of the molecule is CC(=O)Nc1ccc(OCc2nc3ccccc3nc2C)cc1. The van der Waals surface area contributed by atoms with Gasteiger partial charge in [0.25, 0.3) is 0 Å². The van der Waals surface area contributed by atoms with Gasteiger partial charge in [-0.25, -0.2) is 9.97 Å². The van der Waals surface area contributed by atoms with Crippen molar-refractivity contribution in [2.75, 3.05) is 5.32 Å². The third-order valence-corrected chi connectivity index (χ3v) is 3.39. The number of aromatic nitrogens is 2. The van der Waals surface area contributed by atoms with E-state index in [0.717, 1.165) is 28.1 Å². The maximum Gasteiger partial charge on any atom is 0.221 e. The maximum absolute atomic E-state index is 11.0. The molecule has 0 unspecified atom stereocenters. The highest BCUT2D eigenvalue weighted by atomic mass is 16.5. The molecule has 0 saturated heterocycles. The number of carbonyl (C=O) groups excluding carboxylic acids is 1. The predicted octanol–water partition coefficient (Wildman–Crippen LogP) is 3.48. The molecule has 0 atom stereocenters. The standard InChI is InChI=1S/C18H17N3O2/c1-12-18(21-17-6-4-3-5-16(17)19-12)11-23-15-9-7-14(8-10-15)20-13(2)22/h3-10H,11H2,1-2H3,(H,20,22). The number of hydrogen-bond donors (Lipinski definition) is 1. The van der Waals surface area contributed by atoms with Gasteiger partial charge in [-0.1, -0.05) is 12.1 Å². The second-order valence-corrected chi connectivity index (χ2v) is 5.24. The van der Waals surface area contributed by atoms with Gasteiger partial charge in [0.15, 0.2) is 0 Å². The third-order valence-electron chi connectivity index (χ3n) is 3.39. The highest BCUT2D eigenvalue weighted by molar-refractivity contribution is 5.88. The molecular weight excluding hydrogens is 290 g/mol. The Hall–Kier alpha value is -2.95. The van der Waals surface area contributed by atoms with E-state index in [-0.39, 0.29) is 5.91 Å². The lowest BCUT2D eigenvalue weighted by Gasteiger charge is -2.09. The van der Waals surface area contributed by atoms with Crippen molar-refractivity contribution in [3.8, 4) is 5.75 Å². The molecule has 0 aliphatic carbocycles. The molecule has 5 heteroatoms. The maximum atomic E-state index is 11.0. The number of benzene rings is 2. The smallest absolute Gasteiger partial charge is 0.221 e. The van der Waals surface area contributed by atoms with Gasteiger partial charge in [-0.3, -0.25) is 4.79 Å². The van der Waals surface area contributed by atoms with Gasteiger partial charge in [-0.15, -0.1) is 0 Å². The van der Waals surface area contributed by atoms with Crippen LogP contribution in [0.3, 0.4) is 0 Å². The zero-order chi connectivity index (χ0) is 16.2. The number of hydrogen-bond acceptors (Lipinski definition) is 4. The number of carbonyl (C=O) groups is 1. The van der Waals surface area contributed by atoms with E-state index >= 15 is 0 Å². The number of amides is 1. The highest BCUT2D eigenvalue weighted by Gasteiger charge is 2.06. The Labute approximate surface area is 134 Å². The fourth-order valence-electron chi connectivity index (χ4n) is 2.25. The first-order valence-electron chi connectivity index (χ1n) is 7.34.